The van der Waals surface area contributed by atoms with E-state index in [2.05, 4.69) is 56.3 Å². The number of hydrogen-bond donors (Lipinski definition) is 1. The highest BCUT2D eigenvalue weighted by Crippen LogP contribution is 2.43. The summed E-state index contributed by atoms with van der Waals surface area (Å²) in [7, 11) is 0. The quantitative estimate of drug-likeness (QED) is 0.792. The molecule has 6 heteroatoms. The summed E-state index contributed by atoms with van der Waals surface area (Å²) in [6.07, 6.45) is 3.73. The maximum atomic E-state index is 4.36. The Kier molecular flexibility index (Phi) is 2.80. The maximum absolute atomic E-state index is 4.36. The van der Waals surface area contributed by atoms with E-state index in [1.165, 1.54) is 29.5 Å². The first-order valence-electron chi connectivity index (χ1n) is 7.21. The van der Waals surface area contributed by atoms with Gasteiger partial charge in [0.15, 0.2) is 5.65 Å². The fourth-order valence-corrected chi connectivity index (χ4v) is 2.97. The van der Waals surface area contributed by atoms with Gasteiger partial charge in [-0.1, -0.05) is 36.8 Å². The van der Waals surface area contributed by atoms with E-state index in [0.717, 1.165) is 12.4 Å². The third kappa shape index (κ3) is 2.12. The molecule has 0 radical (unpaired) electrons. The molecule has 0 unspecified atom stereocenters. The van der Waals surface area contributed by atoms with Crippen LogP contribution in [0, 0.1) is 0 Å². The van der Waals surface area contributed by atoms with Crippen molar-refractivity contribution in [3.05, 3.63) is 48.0 Å². The molecule has 1 saturated carbocycles. The Bertz CT molecular complexity index is 747. The summed E-state index contributed by atoms with van der Waals surface area (Å²) < 4.78 is 1.44. The molecule has 0 spiro atoms. The van der Waals surface area contributed by atoms with Gasteiger partial charge in [-0.3, -0.25) is 0 Å². The lowest BCUT2D eigenvalue weighted by Crippen LogP contribution is -2.41. The molecule has 3 aromatic rings. The SMILES string of the molecule is c1ccc(C2(CNc3ccc4nnnn4n3)CCC2)cc1. The predicted octanol–water partition coefficient (Wildman–Crippen LogP) is 2.05. The highest BCUT2D eigenvalue weighted by atomic mass is 15.6. The van der Waals surface area contributed by atoms with Crippen molar-refractivity contribution < 1.29 is 0 Å². The van der Waals surface area contributed by atoms with E-state index in [0.29, 0.717) is 5.65 Å². The fourth-order valence-electron chi connectivity index (χ4n) is 2.97. The van der Waals surface area contributed by atoms with Gasteiger partial charge in [-0.05, 0) is 41.0 Å². The van der Waals surface area contributed by atoms with Crippen molar-refractivity contribution >= 4 is 11.5 Å². The Balaban J connectivity index is 1.54. The first kappa shape index (κ1) is 12.3. The molecule has 0 amide bonds. The summed E-state index contributed by atoms with van der Waals surface area (Å²) >= 11 is 0. The number of benzene rings is 1. The van der Waals surface area contributed by atoms with Gasteiger partial charge in [0.1, 0.15) is 5.82 Å². The zero-order chi connectivity index (χ0) is 14.1. The van der Waals surface area contributed by atoms with E-state index in [1.807, 2.05) is 12.1 Å². The Morgan fingerprint density at radius 3 is 2.71 bits per heavy atom. The van der Waals surface area contributed by atoms with Gasteiger partial charge in [-0.2, -0.15) is 0 Å². The Labute approximate surface area is 122 Å². The van der Waals surface area contributed by atoms with Crippen LogP contribution < -0.4 is 5.32 Å². The first-order chi connectivity index (χ1) is 10.4. The van der Waals surface area contributed by atoms with Gasteiger partial charge in [-0.25, -0.2) is 0 Å². The fraction of sp³-hybridized carbons (Fsp3) is 0.333. The molecule has 1 N–H and O–H groups in total. The lowest BCUT2D eigenvalue weighted by atomic mass is 9.64. The van der Waals surface area contributed by atoms with Crippen molar-refractivity contribution in [3.8, 4) is 0 Å². The Hall–Kier alpha value is -2.50. The van der Waals surface area contributed by atoms with E-state index >= 15 is 0 Å². The average molecular weight is 280 g/mol. The van der Waals surface area contributed by atoms with Crippen LogP contribution in [0.4, 0.5) is 5.82 Å². The van der Waals surface area contributed by atoms with E-state index in [-0.39, 0.29) is 5.41 Å². The molecule has 4 rings (SSSR count). The standard InChI is InChI=1S/C15H16N6/c1-2-5-12(6-3-1)15(9-4-10-15)11-16-13-7-8-14-17-19-20-21(14)18-13/h1-3,5-8H,4,9-11H2,(H,16,18). The normalized spacial score (nSPS) is 16.6. The van der Waals surface area contributed by atoms with E-state index in [1.54, 1.807) is 0 Å². The monoisotopic (exact) mass is 280 g/mol. The van der Waals surface area contributed by atoms with Crippen molar-refractivity contribution in [1.82, 2.24) is 25.3 Å². The maximum Gasteiger partial charge on any atom is 0.200 e. The average Bonchev–Trinajstić information content (AvgIpc) is 2.95. The molecule has 0 atom stereocenters. The zero-order valence-electron chi connectivity index (χ0n) is 11.6. The highest BCUT2D eigenvalue weighted by molar-refractivity contribution is 5.43. The minimum absolute atomic E-state index is 0.235. The summed E-state index contributed by atoms with van der Waals surface area (Å²) in [5.41, 5.74) is 2.30. The number of tetrazole rings is 1. The molecule has 0 aliphatic heterocycles. The van der Waals surface area contributed by atoms with Gasteiger partial charge >= 0.3 is 0 Å². The van der Waals surface area contributed by atoms with Gasteiger partial charge in [0.25, 0.3) is 0 Å². The van der Waals surface area contributed by atoms with Gasteiger partial charge in [-0.15, -0.1) is 14.8 Å². The van der Waals surface area contributed by atoms with Crippen molar-refractivity contribution in [1.29, 1.82) is 0 Å². The summed E-state index contributed by atoms with van der Waals surface area (Å²) in [6.45, 7) is 0.887. The third-order valence-electron chi connectivity index (χ3n) is 4.37. The molecule has 1 aromatic carbocycles. The molecule has 1 aliphatic rings. The number of fused-ring (bicyclic) bond motifs is 1. The van der Waals surface area contributed by atoms with Crippen LogP contribution in [0.25, 0.3) is 5.65 Å². The van der Waals surface area contributed by atoms with Gasteiger partial charge in [0.2, 0.25) is 0 Å². The van der Waals surface area contributed by atoms with Crippen molar-refractivity contribution in [2.75, 3.05) is 11.9 Å². The van der Waals surface area contributed by atoms with Crippen LogP contribution in [-0.4, -0.2) is 31.8 Å². The van der Waals surface area contributed by atoms with Crippen LogP contribution in [-0.2, 0) is 5.41 Å². The second-order valence-electron chi connectivity index (χ2n) is 5.60. The smallest absolute Gasteiger partial charge is 0.200 e. The molecule has 2 heterocycles. The van der Waals surface area contributed by atoms with Crippen LogP contribution in [0.5, 0.6) is 0 Å². The summed E-state index contributed by atoms with van der Waals surface area (Å²) in [6, 6.07) is 14.5. The lowest BCUT2D eigenvalue weighted by molar-refractivity contribution is 0.260. The minimum atomic E-state index is 0.235. The lowest BCUT2D eigenvalue weighted by Gasteiger charge is -2.42. The largest absolute Gasteiger partial charge is 0.368 e. The van der Waals surface area contributed by atoms with Crippen LogP contribution >= 0.6 is 0 Å². The number of nitrogens with zero attached hydrogens (tertiary/aromatic N) is 5. The molecule has 0 saturated heterocycles. The summed E-state index contributed by atoms with van der Waals surface area (Å²) in [4.78, 5) is 0. The molecule has 1 fully saturated rings. The third-order valence-corrected chi connectivity index (χ3v) is 4.37. The topological polar surface area (TPSA) is 68.0 Å². The van der Waals surface area contributed by atoms with Crippen LogP contribution in [0.1, 0.15) is 24.8 Å². The summed E-state index contributed by atoms with van der Waals surface area (Å²) in [5.74, 6) is 0.803. The molecule has 106 valence electrons. The second-order valence-corrected chi connectivity index (χ2v) is 5.60. The van der Waals surface area contributed by atoms with Crippen LogP contribution in [0.3, 0.4) is 0 Å². The number of hydrogen-bond acceptors (Lipinski definition) is 5. The summed E-state index contributed by atoms with van der Waals surface area (Å²) in [5, 5.41) is 19.1. The predicted molar refractivity (Wildman–Crippen MR) is 79.0 cm³/mol. The van der Waals surface area contributed by atoms with E-state index < -0.39 is 0 Å². The molecule has 2 aromatic heterocycles. The first-order valence-corrected chi connectivity index (χ1v) is 7.21. The molecule has 6 nitrogen and oxygen atoms in total. The molecular weight excluding hydrogens is 264 g/mol. The van der Waals surface area contributed by atoms with Crippen LogP contribution in [0.2, 0.25) is 0 Å². The second kappa shape index (κ2) is 4.80. The van der Waals surface area contributed by atoms with Crippen molar-refractivity contribution in [2.24, 2.45) is 0 Å². The minimum Gasteiger partial charge on any atom is -0.368 e. The number of aromatic nitrogens is 5. The Morgan fingerprint density at radius 1 is 1.10 bits per heavy atom. The number of anilines is 1. The Morgan fingerprint density at radius 2 is 1.95 bits per heavy atom. The molecular formula is C15H16N6. The number of nitrogens with one attached hydrogen (secondary N) is 1. The van der Waals surface area contributed by atoms with Crippen LogP contribution in [0.15, 0.2) is 42.5 Å². The zero-order valence-corrected chi connectivity index (χ0v) is 11.6. The van der Waals surface area contributed by atoms with Gasteiger partial charge < -0.3 is 5.32 Å². The molecule has 1 aliphatic carbocycles. The van der Waals surface area contributed by atoms with Gasteiger partial charge in [0.05, 0.1) is 0 Å². The highest BCUT2D eigenvalue weighted by Gasteiger charge is 2.38. The van der Waals surface area contributed by atoms with Crippen molar-refractivity contribution in [3.63, 3.8) is 0 Å². The molecule has 21 heavy (non-hydrogen) atoms. The van der Waals surface area contributed by atoms with E-state index in [9.17, 15) is 0 Å². The van der Waals surface area contributed by atoms with E-state index in [4.69, 9.17) is 0 Å². The van der Waals surface area contributed by atoms with Gasteiger partial charge in [0, 0.05) is 12.0 Å². The van der Waals surface area contributed by atoms with Crippen molar-refractivity contribution in [2.45, 2.75) is 24.7 Å². The molecule has 0 bridgehead atoms. The number of rotatable bonds is 4.